The van der Waals surface area contributed by atoms with Gasteiger partial charge in [0, 0.05) is 32.1 Å². The highest BCUT2D eigenvalue weighted by molar-refractivity contribution is 5.96. The Kier molecular flexibility index (Phi) is 13.7. The van der Waals surface area contributed by atoms with Crippen LogP contribution in [0.5, 0.6) is 0 Å². The Labute approximate surface area is 318 Å². The minimum absolute atomic E-state index is 0.0652. The van der Waals surface area contributed by atoms with Gasteiger partial charge in [-0.05, 0) is 94.4 Å². The molecule has 2 saturated carbocycles. The number of nitrogens with two attached hydrogens (primary N) is 1. The van der Waals surface area contributed by atoms with E-state index in [-0.39, 0.29) is 41.2 Å². The lowest BCUT2D eigenvalue weighted by atomic mass is 9.49. The number of hydrogen-bond donors (Lipinski definition) is 2. The van der Waals surface area contributed by atoms with E-state index in [0.717, 1.165) is 29.6 Å². The van der Waals surface area contributed by atoms with Gasteiger partial charge in [0.1, 0.15) is 17.5 Å². The molecule has 7 atom stereocenters. The molecule has 294 valence electrons. The van der Waals surface area contributed by atoms with Gasteiger partial charge in [0.25, 0.3) is 0 Å². The van der Waals surface area contributed by atoms with Gasteiger partial charge in [-0.25, -0.2) is 9.59 Å². The number of amides is 1. The predicted octanol–water partition coefficient (Wildman–Crippen LogP) is 6.93. The molecule has 54 heavy (non-hydrogen) atoms. The van der Waals surface area contributed by atoms with Crippen molar-refractivity contribution in [1.82, 2.24) is 0 Å². The van der Waals surface area contributed by atoms with Crippen LogP contribution in [-0.4, -0.2) is 65.4 Å². The van der Waals surface area contributed by atoms with Crippen LogP contribution < -0.4 is 5.73 Å². The summed E-state index contributed by atoms with van der Waals surface area (Å²) in [5, 5.41) is 11.1. The van der Waals surface area contributed by atoms with Crippen molar-refractivity contribution in [3.05, 3.63) is 82.9 Å². The summed E-state index contributed by atoms with van der Waals surface area (Å²) in [5.41, 5.74) is 7.03. The molecule has 0 aromatic heterocycles. The summed E-state index contributed by atoms with van der Waals surface area (Å²) in [7, 11) is 0. The molecular formula is C43H57NO10. The lowest BCUT2D eigenvalue weighted by Gasteiger charge is -2.59. The highest BCUT2D eigenvalue weighted by Crippen LogP contribution is 2.59. The Bertz CT molecular complexity index is 1700. The molecule has 0 radical (unpaired) electrons. The standard InChI is InChI=1S/C29H38O5.C9H8O3.C5H11NO2/c1-17-21-14-25(30)29(4)22(20-16-33-24(20)15-26(29)31)12-19(28(21,2)3)13-23(17)34-27(32)11-10-18-8-6-5-7-9-18;1-7(10)12-9(11)8-5-3-2-4-6-8;1-5(2,3)8-4(6)7/h5-9,19-20,22-24,26,31H,10-16H2,1-4H3;2-6H,1H3;1-3H3,(H2,6,7). The third-order valence-corrected chi connectivity index (χ3v) is 11.5. The van der Waals surface area contributed by atoms with Crippen LogP contribution in [0.4, 0.5) is 4.79 Å². The van der Waals surface area contributed by atoms with Gasteiger partial charge in [0.2, 0.25) is 0 Å². The third-order valence-electron chi connectivity index (χ3n) is 11.5. The SMILES string of the molecule is CC(=O)OC(=O)c1ccccc1.CC(C)(C)OC(N)=O.CC1=C2CC(=O)C3(C)C(O)CC4OCC4C3CC(CC1OC(=O)CCc1ccccc1)C2(C)C. The van der Waals surface area contributed by atoms with Gasteiger partial charge in [0.15, 0.2) is 0 Å². The quantitative estimate of drug-likeness (QED) is 0.142. The van der Waals surface area contributed by atoms with Gasteiger partial charge < -0.3 is 29.8 Å². The average molecular weight is 748 g/mol. The number of carbonyl (C=O) groups excluding carboxylic acids is 5. The van der Waals surface area contributed by atoms with Gasteiger partial charge in [-0.1, -0.05) is 68.0 Å². The maximum atomic E-state index is 13.8. The average Bonchev–Trinajstić information content (AvgIpc) is 3.08. The maximum Gasteiger partial charge on any atom is 0.405 e. The van der Waals surface area contributed by atoms with E-state index in [4.69, 9.17) is 15.2 Å². The number of carbonyl (C=O) groups is 5. The molecule has 1 heterocycles. The molecule has 2 aromatic carbocycles. The molecule has 3 N–H and O–H groups in total. The van der Waals surface area contributed by atoms with Crippen molar-refractivity contribution in [3.63, 3.8) is 0 Å². The zero-order valence-electron chi connectivity index (χ0n) is 32.9. The molecule has 2 aromatic rings. The van der Waals surface area contributed by atoms with E-state index in [9.17, 15) is 29.1 Å². The first-order valence-corrected chi connectivity index (χ1v) is 18.8. The number of aliphatic hydroxyl groups is 1. The smallest absolute Gasteiger partial charge is 0.405 e. The van der Waals surface area contributed by atoms with Gasteiger partial charge in [-0.2, -0.15) is 0 Å². The second kappa shape index (κ2) is 17.4. The number of aryl methyl sites for hydroxylation is 1. The van der Waals surface area contributed by atoms with Crippen LogP contribution in [0.2, 0.25) is 0 Å². The molecule has 0 spiro atoms. The summed E-state index contributed by atoms with van der Waals surface area (Å²) in [6.07, 6.45) is 1.91. The van der Waals surface area contributed by atoms with Crippen LogP contribution in [0, 0.1) is 28.6 Å². The number of fused-ring (bicyclic) bond motifs is 5. The molecule has 3 fully saturated rings. The number of ketones is 1. The van der Waals surface area contributed by atoms with E-state index in [1.165, 1.54) is 6.92 Å². The number of primary amides is 1. The fourth-order valence-corrected chi connectivity index (χ4v) is 8.34. The van der Waals surface area contributed by atoms with Crippen LogP contribution in [0.1, 0.15) is 103 Å². The van der Waals surface area contributed by atoms with Crippen molar-refractivity contribution in [2.24, 2.45) is 34.3 Å². The first-order valence-electron chi connectivity index (χ1n) is 18.8. The van der Waals surface area contributed by atoms with Crippen LogP contribution in [0.25, 0.3) is 0 Å². The Morgan fingerprint density at radius 3 is 2.07 bits per heavy atom. The molecule has 7 unspecified atom stereocenters. The molecule has 1 saturated heterocycles. The molecule has 1 amide bonds. The van der Waals surface area contributed by atoms with Crippen LogP contribution in [0.15, 0.2) is 71.8 Å². The normalized spacial score (nSPS) is 28.0. The number of esters is 3. The molecule has 1 aliphatic heterocycles. The largest absolute Gasteiger partial charge is 0.458 e. The Balaban J connectivity index is 0.000000267. The van der Waals surface area contributed by atoms with Gasteiger partial charge in [-0.3, -0.25) is 14.4 Å². The van der Waals surface area contributed by atoms with E-state index in [0.29, 0.717) is 43.8 Å². The first-order chi connectivity index (χ1) is 25.2. The summed E-state index contributed by atoms with van der Waals surface area (Å²) in [6, 6.07) is 18.4. The monoisotopic (exact) mass is 747 g/mol. The molecule has 11 nitrogen and oxygen atoms in total. The lowest BCUT2D eigenvalue weighted by Crippen LogP contribution is -2.63. The number of ether oxygens (including phenoxy) is 4. The highest BCUT2D eigenvalue weighted by atomic mass is 16.6. The molecule has 3 aliphatic carbocycles. The van der Waals surface area contributed by atoms with Crippen molar-refractivity contribution in [3.8, 4) is 0 Å². The Hall–Kier alpha value is -4.35. The van der Waals surface area contributed by atoms with Crippen molar-refractivity contribution in [1.29, 1.82) is 0 Å². The van der Waals surface area contributed by atoms with E-state index in [1.807, 2.05) is 44.2 Å². The van der Waals surface area contributed by atoms with Crippen molar-refractivity contribution >= 4 is 29.8 Å². The third kappa shape index (κ3) is 10.2. The summed E-state index contributed by atoms with van der Waals surface area (Å²) in [4.78, 5) is 58.0. The minimum Gasteiger partial charge on any atom is -0.458 e. The maximum absolute atomic E-state index is 13.8. The number of hydrogen-bond acceptors (Lipinski definition) is 10. The Morgan fingerprint density at radius 1 is 0.944 bits per heavy atom. The summed E-state index contributed by atoms with van der Waals surface area (Å²) >= 11 is 0. The molecule has 4 aliphatic rings. The lowest BCUT2D eigenvalue weighted by molar-refractivity contribution is -0.227. The molecular weight excluding hydrogens is 690 g/mol. The van der Waals surface area contributed by atoms with Gasteiger partial charge >= 0.3 is 24.0 Å². The predicted molar refractivity (Wildman–Crippen MR) is 202 cm³/mol. The number of aliphatic hydroxyl groups excluding tert-OH is 1. The van der Waals surface area contributed by atoms with Crippen LogP contribution in [-0.2, 0) is 39.8 Å². The first kappa shape index (κ1) is 42.4. The second-order valence-electron chi connectivity index (χ2n) is 16.6. The van der Waals surface area contributed by atoms with Crippen LogP contribution >= 0.6 is 0 Å². The van der Waals surface area contributed by atoms with E-state index < -0.39 is 35.2 Å². The summed E-state index contributed by atoms with van der Waals surface area (Å²) in [6.45, 7) is 15.7. The zero-order valence-corrected chi connectivity index (χ0v) is 32.9. The Morgan fingerprint density at radius 2 is 1.56 bits per heavy atom. The van der Waals surface area contributed by atoms with Crippen molar-refractivity contribution < 1.29 is 48.0 Å². The van der Waals surface area contributed by atoms with E-state index in [2.05, 4.69) is 23.3 Å². The van der Waals surface area contributed by atoms with Crippen molar-refractivity contribution in [2.45, 2.75) is 118 Å². The van der Waals surface area contributed by atoms with E-state index >= 15 is 0 Å². The van der Waals surface area contributed by atoms with Gasteiger partial charge in [-0.15, -0.1) is 0 Å². The fourth-order valence-electron chi connectivity index (χ4n) is 8.34. The van der Waals surface area contributed by atoms with E-state index in [1.54, 1.807) is 51.1 Å². The minimum atomic E-state index is -0.732. The summed E-state index contributed by atoms with van der Waals surface area (Å²) in [5.74, 6) is -0.546. The fraction of sp³-hybridized carbons (Fsp3) is 0.558. The number of allylic oxidation sites excluding steroid dienone is 1. The second-order valence-corrected chi connectivity index (χ2v) is 16.6. The number of rotatable bonds is 5. The number of Topliss-reactive ketones (excluding diaryl/α,β-unsaturated/α-hetero) is 1. The number of benzene rings is 2. The van der Waals surface area contributed by atoms with Crippen molar-refractivity contribution in [2.75, 3.05) is 6.61 Å². The molecule has 2 bridgehead atoms. The zero-order chi connectivity index (χ0) is 40.0. The highest BCUT2D eigenvalue weighted by Gasteiger charge is 2.61. The van der Waals surface area contributed by atoms with Gasteiger partial charge in [0.05, 0.1) is 29.8 Å². The van der Waals surface area contributed by atoms with Crippen LogP contribution in [0.3, 0.4) is 0 Å². The molecule has 11 heteroatoms. The molecule has 6 rings (SSSR count). The summed E-state index contributed by atoms with van der Waals surface area (Å²) < 4.78 is 20.8. The topological polar surface area (TPSA) is 169 Å².